The SMILES string of the molecule is Cc1onc(-c2ccccc2)c1CCc1ccc(C(=O)NC(C)C)cn1. The van der Waals surface area contributed by atoms with Gasteiger partial charge in [0.2, 0.25) is 0 Å². The fourth-order valence-electron chi connectivity index (χ4n) is 2.81. The van der Waals surface area contributed by atoms with Gasteiger partial charge in [0.1, 0.15) is 11.5 Å². The van der Waals surface area contributed by atoms with Gasteiger partial charge in [0, 0.05) is 29.1 Å². The molecule has 0 saturated carbocycles. The molecule has 0 radical (unpaired) electrons. The molecule has 0 atom stereocenters. The number of nitrogens with zero attached hydrogens (tertiary/aromatic N) is 2. The molecular formula is C21H23N3O2. The highest BCUT2D eigenvalue weighted by atomic mass is 16.5. The highest BCUT2D eigenvalue weighted by molar-refractivity contribution is 5.94. The van der Waals surface area contributed by atoms with Gasteiger partial charge in [-0.1, -0.05) is 35.5 Å². The summed E-state index contributed by atoms with van der Waals surface area (Å²) in [5, 5.41) is 7.08. The van der Waals surface area contributed by atoms with Crippen LogP contribution in [0, 0.1) is 6.92 Å². The standard InChI is InChI=1S/C21H23N3O2/c1-14(2)23-21(25)17-9-10-18(22-13-17)11-12-19-15(3)26-24-20(19)16-7-5-4-6-8-16/h4-10,13-14H,11-12H2,1-3H3,(H,23,25). The first-order valence-corrected chi connectivity index (χ1v) is 8.81. The van der Waals surface area contributed by atoms with Gasteiger partial charge in [-0.05, 0) is 45.7 Å². The molecule has 0 saturated heterocycles. The Balaban J connectivity index is 1.70. The third-order valence-corrected chi connectivity index (χ3v) is 4.17. The Kier molecular flexibility index (Phi) is 5.46. The first-order valence-electron chi connectivity index (χ1n) is 8.81. The Labute approximate surface area is 153 Å². The molecule has 0 spiro atoms. The molecule has 2 heterocycles. The van der Waals surface area contributed by atoms with Gasteiger partial charge >= 0.3 is 0 Å². The van der Waals surface area contributed by atoms with Crippen molar-refractivity contribution < 1.29 is 9.32 Å². The molecule has 2 aromatic heterocycles. The number of pyridine rings is 1. The molecular weight excluding hydrogens is 326 g/mol. The highest BCUT2D eigenvalue weighted by Crippen LogP contribution is 2.26. The van der Waals surface area contributed by atoms with Crippen LogP contribution in [0.25, 0.3) is 11.3 Å². The minimum Gasteiger partial charge on any atom is -0.361 e. The fraction of sp³-hybridized carbons (Fsp3) is 0.286. The Morgan fingerprint density at radius 2 is 1.88 bits per heavy atom. The number of carbonyl (C=O) groups is 1. The molecule has 1 N–H and O–H groups in total. The average Bonchev–Trinajstić information content (AvgIpc) is 3.01. The maximum absolute atomic E-state index is 12.0. The Morgan fingerprint density at radius 3 is 2.54 bits per heavy atom. The molecule has 0 aliphatic rings. The lowest BCUT2D eigenvalue weighted by Crippen LogP contribution is -2.30. The van der Waals surface area contributed by atoms with E-state index in [2.05, 4.69) is 15.5 Å². The zero-order chi connectivity index (χ0) is 18.5. The number of aryl methyl sites for hydroxylation is 2. The van der Waals surface area contributed by atoms with E-state index in [4.69, 9.17) is 4.52 Å². The van der Waals surface area contributed by atoms with E-state index in [0.717, 1.165) is 41.1 Å². The molecule has 1 aromatic carbocycles. The molecule has 1 amide bonds. The summed E-state index contributed by atoms with van der Waals surface area (Å²) in [6.45, 7) is 5.80. The number of hydrogen-bond donors (Lipinski definition) is 1. The fourth-order valence-corrected chi connectivity index (χ4v) is 2.81. The monoisotopic (exact) mass is 349 g/mol. The van der Waals surface area contributed by atoms with Gasteiger partial charge in [0.15, 0.2) is 0 Å². The number of aromatic nitrogens is 2. The average molecular weight is 349 g/mol. The predicted molar refractivity (Wildman–Crippen MR) is 101 cm³/mol. The molecule has 134 valence electrons. The number of carbonyl (C=O) groups excluding carboxylic acids is 1. The number of nitrogens with one attached hydrogen (secondary N) is 1. The van der Waals surface area contributed by atoms with Gasteiger partial charge in [0.05, 0.1) is 5.56 Å². The van der Waals surface area contributed by atoms with E-state index in [9.17, 15) is 4.79 Å². The van der Waals surface area contributed by atoms with E-state index in [-0.39, 0.29) is 11.9 Å². The highest BCUT2D eigenvalue weighted by Gasteiger charge is 2.15. The summed E-state index contributed by atoms with van der Waals surface area (Å²) in [6, 6.07) is 13.9. The number of hydrogen-bond acceptors (Lipinski definition) is 4. The maximum atomic E-state index is 12.0. The van der Waals surface area contributed by atoms with Crippen LogP contribution in [-0.2, 0) is 12.8 Å². The van der Waals surface area contributed by atoms with Gasteiger partial charge in [0.25, 0.3) is 5.91 Å². The van der Waals surface area contributed by atoms with Crippen molar-refractivity contribution in [2.75, 3.05) is 0 Å². The van der Waals surface area contributed by atoms with Crippen LogP contribution in [0.1, 0.15) is 41.2 Å². The Bertz CT molecular complexity index is 868. The van der Waals surface area contributed by atoms with E-state index in [1.54, 1.807) is 6.20 Å². The lowest BCUT2D eigenvalue weighted by molar-refractivity contribution is 0.0942. The normalized spacial score (nSPS) is 10.9. The zero-order valence-electron chi connectivity index (χ0n) is 15.3. The van der Waals surface area contributed by atoms with Crippen molar-refractivity contribution in [1.29, 1.82) is 0 Å². The van der Waals surface area contributed by atoms with Crippen molar-refractivity contribution in [1.82, 2.24) is 15.5 Å². The van der Waals surface area contributed by atoms with E-state index in [1.807, 2.05) is 63.2 Å². The second kappa shape index (κ2) is 7.95. The summed E-state index contributed by atoms with van der Waals surface area (Å²) < 4.78 is 5.40. The van der Waals surface area contributed by atoms with Crippen molar-refractivity contribution in [2.24, 2.45) is 0 Å². The first-order chi connectivity index (χ1) is 12.5. The summed E-state index contributed by atoms with van der Waals surface area (Å²) in [6.07, 6.45) is 3.17. The second-order valence-electron chi connectivity index (χ2n) is 6.60. The summed E-state index contributed by atoms with van der Waals surface area (Å²) in [4.78, 5) is 16.4. The summed E-state index contributed by atoms with van der Waals surface area (Å²) in [5.41, 5.74) is 4.54. The van der Waals surface area contributed by atoms with Gasteiger partial charge < -0.3 is 9.84 Å². The molecule has 3 rings (SSSR count). The van der Waals surface area contributed by atoms with E-state index in [0.29, 0.717) is 5.56 Å². The van der Waals surface area contributed by atoms with Crippen molar-refractivity contribution in [3.8, 4) is 11.3 Å². The van der Waals surface area contributed by atoms with Gasteiger partial charge in [-0.15, -0.1) is 0 Å². The van der Waals surface area contributed by atoms with E-state index < -0.39 is 0 Å². The third-order valence-electron chi connectivity index (χ3n) is 4.17. The van der Waals surface area contributed by atoms with E-state index in [1.165, 1.54) is 0 Å². The van der Waals surface area contributed by atoms with Crippen LogP contribution in [0.15, 0.2) is 53.2 Å². The van der Waals surface area contributed by atoms with Crippen LogP contribution in [0.5, 0.6) is 0 Å². The molecule has 5 nitrogen and oxygen atoms in total. The molecule has 26 heavy (non-hydrogen) atoms. The largest absolute Gasteiger partial charge is 0.361 e. The first kappa shape index (κ1) is 17.9. The predicted octanol–water partition coefficient (Wildman–Crippen LogP) is 3.97. The lowest BCUT2D eigenvalue weighted by Gasteiger charge is -2.08. The van der Waals surface area contributed by atoms with Crippen LogP contribution < -0.4 is 5.32 Å². The zero-order valence-corrected chi connectivity index (χ0v) is 15.3. The number of amides is 1. The van der Waals surface area contributed by atoms with Crippen molar-refractivity contribution >= 4 is 5.91 Å². The third kappa shape index (κ3) is 4.17. The molecule has 3 aromatic rings. The van der Waals surface area contributed by atoms with Gasteiger partial charge in [-0.25, -0.2) is 0 Å². The topological polar surface area (TPSA) is 68.0 Å². The summed E-state index contributed by atoms with van der Waals surface area (Å²) in [5.74, 6) is 0.733. The summed E-state index contributed by atoms with van der Waals surface area (Å²) in [7, 11) is 0. The summed E-state index contributed by atoms with van der Waals surface area (Å²) >= 11 is 0. The molecule has 0 aliphatic heterocycles. The van der Waals surface area contributed by atoms with Crippen molar-refractivity contribution in [3.63, 3.8) is 0 Å². The van der Waals surface area contributed by atoms with Gasteiger partial charge in [-0.3, -0.25) is 9.78 Å². The maximum Gasteiger partial charge on any atom is 0.253 e. The van der Waals surface area contributed by atoms with Crippen molar-refractivity contribution in [2.45, 2.75) is 39.7 Å². The van der Waals surface area contributed by atoms with Crippen LogP contribution in [0.2, 0.25) is 0 Å². The molecule has 0 unspecified atom stereocenters. The minimum atomic E-state index is -0.0970. The van der Waals surface area contributed by atoms with Crippen molar-refractivity contribution in [3.05, 3.63) is 71.2 Å². The van der Waals surface area contributed by atoms with Crippen LogP contribution >= 0.6 is 0 Å². The second-order valence-corrected chi connectivity index (χ2v) is 6.60. The number of benzene rings is 1. The number of rotatable bonds is 6. The molecule has 0 fully saturated rings. The van der Waals surface area contributed by atoms with Crippen LogP contribution in [0.4, 0.5) is 0 Å². The molecule has 0 aliphatic carbocycles. The lowest BCUT2D eigenvalue weighted by atomic mass is 10.0. The van der Waals surface area contributed by atoms with Crippen LogP contribution in [0.3, 0.4) is 0 Å². The quantitative estimate of drug-likeness (QED) is 0.731. The smallest absolute Gasteiger partial charge is 0.253 e. The Hall–Kier alpha value is -2.95. The minimum absolute atomic E-state index is 0.0970. The van der Waals surface area contributed by atoms with Crippen LogP contribution in [-0.4, -0.2) is 22.1 Å². The molecule has 5 heteroatoms. The Morgan fingerprint density at radius 1 is 1.12 bits per heavy atom. The van der Waals surface area contributed by atoms with Gasteiger partial charge in [-0.2, -0.15) is 0 Å². The van der Waals surface area contributed by atoms with E-state index >= 15 is 0 Å². The molecule has 0 bridgehead atoms.